The average Bonchev–Trinajstić information content (AvgIpc) is 2.24. The van der Waals surface area contributed by atoms with Gasteiger partial charge in [-0.15, -0.1) is 0 Å². The molecule has 7 heteroatoms. The lowest BCUT2D eigenvalue weighted by Crippen LogP contribution is -2.10. The molecule has 0 radical (unpaired) electrons. The Bertz CT molecular complexity index is 231. The summed E-state index contributed by atoms with van der Waals surface area (Å²) in [4.78, 5) is 0. The summed E-state index contributed by atoms with van der Waals surface area (Å²) in [6.07, 6.45) is -3.28. The van der Waals surface area contributed by atoms with Crippen molar-refractivity contribution in [2.45, 2.75) is 26.4 Å². The van der Waals surface area contributed by atoms with E-state index in [2.05, 4.69) is 0 Å². The molecule has 0 saturated carbocycles. The summed E-state index contributed by atoms with van der Waals surface area (Å²) < 4.78 is 46.5. The minimum absolute atomic E-state index is 0.182. The second-order valence-electron chi connectivity index (χ2n) is 2.50. The van der Waals surface area contributed by atoms with Gasteiger partial charge in [-0.3, -0.25) is 4.21 Å². The molecule has 1 atom stereocenters. The van der Waals surface area contributed by atoms with Crippen molar-refractivity contribution in [3.8, 4) is 0 Å². The van der Waals surface area contributed by atoms with Crippen LogP contribution in [0.5, 0.6) is 0 Å². The van der Waals surface area contributed by atoms with Gasteiger partial charge >= 0.3 is 6.18 Å². The molecule has 0 spiro atoms. The molecule has 1 unspecified atom stereocenters. The van der Waals surface area contributed by atoms with Gasteiger partial charge in [0.15, 0.2) is 0 Å². The third kappa shape index (κ3) is 10.4. The summed E-state index contributed by atoms with van der Waals surface area (Å²) in [5, 5.41) is -1.22. The quantitative estimate of drug-likeness (QED) is 0.841. The van der Waals surface area contributed by atoms with Gasteiger partial charge in [0.1, 0.15) is 5.03 Å². The summed E-state index contributed by atoms with van der Waals surface area (Å²) in [5.74, 6) is 0.118. The molecule has 0 rings (SSSR count). The molecule has 2 nitrogen and oxygen atoms in total. The van der Waals surface area contributed by atoms with Crippen molar-refractivity contribution >= 4 is 22.4 Å². The van der Waals surface area contributed by atoms with Crippen LogP contribution in [0.25, 0.3) is 0 Å². The van der Waals surface area contributed by atoms with E-state index >= 15 is 0 Å². The van der Waals surface area contributed by atoms with Gasteiger partial charge in [-0.1, -0.05) is 25.4 Å². The second kappa shape index (κ2) is 10.1. The molecule has 0 aliphatic rings. The molecule has 0 aliphatic carbocycles. The van der Waals surface area contributed by atoms with Crippen LogP contribution in [0.2, 0.25) is 0 Å². The highest BCUT2D eigenvalue weighted by Crippen LogP contribution is 2.28. The molecular weight excluding hydrogens is 263 g/mol. The molecule has 0 aromatic heterocycles. The van der Waals surface area contributed by atoms with Crippen LogP contribution >= 0.6 is 11.6 Å². The van der Waals surface area contributed by atoms with Gasteiger partial charge in [0.05, 0.1) is 0 Å². The van der Waals surface area contributed by atoms with E-state index in [0.29, 0.717) is 18.7 Å². The van der Waals surface area contributed by atoms with E-state index in [-0.39, 0.29) is 5.75 Å². The lowest BCUT2D eigenvalue weighted by molar-refractivity contribution is -0.0846. The first kappa shape index (κ1) is 18.3. The SMILES string of the molecule is CC.NCCCS(=O)C/C=C(\Cl)C(F)(F)F. The summed E-state index contributed by atoms with van der Waals surface area (Å²) in [6.45, 7) is 4.38. The Morgan fingerprint density at radius 1 is 1.44 bits per heavy atom. The molecule has 0 saturated heterocycles. The first-order valence-electron chi connectivity index (χ1n) is 4.86. The van der Waals surface area contributed by atoms with Gasteiger partial charge in [-0.2, -0.15) is 13.2 Å². The number of rotatable bonds is 5. The van der Waals surface area contributed by atoms with E-state index in [4.69, 9.17) is 17.3 Å². The number of alkyl halides is 3. The van der Waals surface area contributed by atoms with Crippen LogP contribution in [0.15, 0.2) is 11.1 Å². The molecule has 0 fully saturated rings. The van der Waals surface area contributed by atoms with Gasteiger partial charge in [0.25, 0.3) is 0 Å². The fraction of sp³-hybridized carbons (Fsp3) is 0.778. The standard InChI is InChI=1S/C7H11ClF3NOS.C2H6/c8-6(7(9,10)11)2-5-14(13)4-1-3-12;1-2/h2H,1,3-5,12H2;1-2H3/b6-2-;. The van der Waals surface area contributed by atoms with Crippen LogP contribution < -0.4 is 5.73 Å². The Morgan fingerprint density at radius 3 is 2.31 bits per heavy atom. The largest absolute Gasteiger partial charge is 0.426 e. The van der Waals surface area contributed by atoms with Gasteiger partial charge in [-0.25, -0.2) is 0 Å². The molecule has 98 valence electrons. The normalized spacial score (nSPS) is 14.1. The van der Waals surface area contributed by atoms with Gasteiger partial charge in [-0.05, 0) is 19.0 Å². The van der Waals surface area contributed by atoms with Crippen LogP contribution in [-0.4, -0.2) is 28.4 Å². The Morgan fingerprint density at radius 2 is 1.94 bits per heavy atom. The molecule has 2 N–H and O–H groups in total. The Kier molecular flexibility index (Phi) is 11.6. The highest BCUT2D eigenvalue weighted by molar-refractivity contribution is 7.85. The van der Waals surface area contributed by atoms with E-state index in [1.54, 1.807) is 0 Å². The molecule has 16 heavy (non-hydrogen) atoms. The summed E-state index contributed by atoms with van der Waals surface area (Å²) in [5.41, 5.74) is 5.15. The van der Waals surface area contributed by atoms with E-state index in [1.165, 1.54) is 0 Å². The lowest BCUT2D eigenvalue weighted by atomic mass is 10.5. The highest BCUT2D eigenvalue weighted by atomic mass is 35.5. The number of nitrogens with two attached hydrogens (primary N) is 1. The Balaban J connectivity index is 0. The third-order valence-corrected chi connectivity index (χ3v) is 2.95. The van der Waals surface area contributed by atoms with Crippen molar-refractivity contribution < 1.29 is 17.4 Å². The first-order chi connectivity index (χ1) is 7.38. The molecule has 0 aromatic carbocycles. The van der Waals surface area contributed by atoms with Crippen molar-refractivity contribution in [2.24, 2.45) is 5.73 Å². The zero-order valence-corrected chi connectivity index (χ0v) is 10.9. The van der Waals surface area contributed by atoms with Crippen LogP contribution in [-0.2, 0) is 10.8 Å². The zero-order chi connectivity index (χ0) is 13.2. The summed E-state index contributed by atoms with van der Waals surface area (Å²) >= 11 is 4.91. The van der Waals surface area contributed by atoms with E-state index in [0.717, 1.165) is 6.08 Å². The maximum atomic E-state index is 11.8. The predicted octanol–water partition coefficient (Wildman–Crippen LogP) is 2.80. The number of halogens is 4. The third-order valence-electron chi connectivity index (χ3n) is 1.30. The lowest BCUT2D eigenvalue weighted by Gasteiger charge is -2.03. The van der Waals surface area contributed by atoms with Crippen molar-refractivity contribution in [2.75, 3.05) is 18.1 Å². The van der Waals surface area contributed by atoms with Crippen LogP contribution in [0.1, 0.15) is 20.3 Å². The molecule has 0 aromatic rings. The molecule has 0 amide bonds. The van der Waals surface area contributed by atoms with Crippen molar-refractivity contribution in [3.63, 3.8) is 0 Å². The predicted molar refractivity (Wildman–Crippen MR) is 62.9 cm³/mol. The van der Waals surface area contributed by atoms with E-state index in [1.807, 2.05) is 13.8 Å². The topological polar surface area (TPSA) is 43.1 Å². The van der Waals surface area contributed by atoms with Crippen molar-refractivity contribution in [3.05, 3.63) is 11.1 Å². The molecular formula is C9H17ClF3NOS. The number of allylic oxidation sites excluding steroid dienone is 1. The average molecular weight is 280 g/mol. The van der Waals surface area contributed by atoms with Crippen LogP contribution in [0, 0.1) is 0 Å². The smallest absolute Gasteiger partial charge is 0.330 e. The molecule has 0 heterocycles. The number of hydrogen-bond donors (Lipinski definition) is 1. The second-order valence-corrected chi connectivity index (χ2v) is 4.53. The fourth-order valence-electron chi connectivity index (χ4n) is 0.609. The summed E-state index contributed by atoms with van der Waals surface area (Å²) in [6, 6.07) is 0. The van der Waals surface area contributed by atoms with E-state index in [9.17, 15) is 17.4 Å². The highest BCUT2D eigenvalue weighted by Gasteiger charge is 2.31. The van der Waals surface area contributed by atoms with Crippen LogP contribution in [0.4, 0.5) is 13.2 Å². The van der Waals surface area contributed by atoms with Crippen LogP contribution in [0.3, 0.4) is 0 Å². The number of hydrogen-bond acceptors (Lipinski definition) is 2. The molecule has 0 bridgehead atoms. The first-order valence-corrected chi connectivity index (χ1v) is 6.72. The van der Waals surface area contributed by atoms with Gasteiger partial charge in [0, 0.05) is 22.3 Å². The monoisotopic (exact) mass is 279 g/mol. The van der Waals surface area contributed by atoms with Gasteiger partial charge in [0.2, 0.25) is 0 Å². The Labute approximate surface area is 101 Å². The molecule has 0 aliphatic heterocycles. The minimum atomic E-state index is -4.54. The summed E-state index contributed by atoms with van der Waals surface area (Å²) in [7, 11) is -1.32. The van der Waals surface area contributed by atoms with Crippen molar-refractivity contribution in [1.29, 1.82) is 0 Å². The zero-order valence-electron chi connectivity index (χ0n) is 9.31. The maximum absolute atomic E-state index is 11.8. The maximum Gasteiger partial charge on any atom is 0.426 e. The van der Waals surface area contributed by atoms with Gasteiger partial charge < -0.3 is 5.73 Å². The van der Waals surface area contributed by atoms with E-state index < -0.39 is 22.0 Å². The minimum Gasteiger partial charge on any atom is -0.330 e. The van der Waals surface area contributed by atoms with Crippen molar-refractivity contribution in [1.82, 2.24) is 0 Å². The Hall–Kier alpha value is -0.0700. The fourth-order valence-corrected chi connectivity index (χ4v) is 1.79.